The molecular weight excluding hydrogens is 310 g/mol. The van der Waals surface area contributed by atoms with E-state index in [4.69, 9.17) is 0 Å². The molecular formula is C16H19N5O3. The summed E-state index contributed by atoms with van der Waals surface area (Å²) in [6, 6.07) is 8.55. The van der Waals surface area contributed by atoms with Crippen LogP contribution < -0.4 is 21.5 Å². The number of piperazine rings is 1. The molecule has 8 nitrogen and oxygen atoms in total. The number of likely N-dealkylation sites (N-methyl/N-ethyl adjacent to an activating group) is 1. The Kier molecular flexibility index (Phi) is 4.48. The molecule has 126 valence electrons. The number of carbonyl (C=O) groups is 1. The number of rotatable bonds is 3. The fourth-order valence-electron chi connectivity index (χ4n) is 2.61. The maximum absolute atomic E-state index is 12.1. The summed E-state index contributed by atoms with van der Waals surface area (Å²) in [6.45, 7) is 3.98. The highest BCUT2D eigenvalue weighted by molar-refractivity contribution is 6.02. The van der Waals surface area contributed by atoms with E-state index in [1.165, 1.54) is 0 Å². The molecule has 1 aromatic carbocycles. The number of amides is 1. The molecule has 0 radical (unpaired) electrons. The Bertz CT molecular complexity index is 804. The molecule has 0 unspecified atom stereocenters. The molecule has 3 rings (SSSR count). The first-order valence-electron chi connectivity index (χ1n) is 7.70. The van der Waals surface area contributed by atoms with Gasteiger partial charge in [0.1, 0.15) is 5.69 Å². The van der Waals surface area contributed by atoms with Crippen molar-refractivity contribution < 1.29 is 4.79 Å². The highest BCUT2D eigenvalue weighted by atomic mass is 16.2. The minimum Gasteiger partial charge on any atom is -0.369 e. The van der Waals surface area contributed by atoms with E-state index < -0.39 is 17.2 Å². The lowest BCUT2D eigenvalue weighted by Gasteiger charge is -2.34. The molecule has 24 heavy (non-hydrogen) atoms. The van der Waals surface area contributed by atoms with Crippen molar-refractivity contribution in [3.05, 3.63) is 56.9 Å². The van der Waals surface area contributed by atoms with E-state index in [1.54, 1.807) is 12.1 Å². The van der Waals surface area contributed by atoms with Crippen molar-refractivity contribution in [2.75, 3.05) is 43.4 Å². The van der Waals surface area contributed by atoms with Crippen molar-refractivity contribution in [1.29, 1.82) is 0 Å². The van der Waals surface area contributed by atoms with Gasteiger partial charge in [0.05, 0.1) is 0 Å². The van der Waals surface area contributed by atoms with E-state index in [9.17, 15) is 14.4 Å². The van der Waals surface area contributed by atoms with Gasteiger partial charge in [0.25, 0.3) is 11.5 Å². The molecule has 1 amide bonds. The summed E-state index contributed by atoms with van der Waals surface area (Å²) in [5.41, 5.74) is 0.295. The minimum atomic E-state index is -0.710. The number of benzene rings is 1. The van der Waals surface area contributed by atoms with Gasteiger partial charge in [0.15, 0.2) is 0 Å². The van der Waals surface area contributed by atoms with Crippen molar-refractivity contribution in [1.82, 2.24) is 14.9 Å². The van der Waals surface area contributed by atoms with E-state index in [0.29, 0.717) is 5.69 Å². The van der Waals surface area contributed by atoms with Gasteiger partial charge in [-0.15, -0.1) is 0 Å². The topological polar surface area (TPSA) is 101 Å². The van der Waals surface area contributed by atoms with Gasteiger partial charge in [0, 0.05) is 43.6 Å². The van der Waals surface area contributed by atoms with Crippen molar-refractivity contribution >= 4 is 17.3 Å². The standard InChI is InChI=1S/C16H19N5O3/c1-20-6-8-21(9-7-20)12-4-2-11(3-5-12)17-15(23)13-10-14(22)19-16(24)18-13/h2-5,10H,6-9H2,1H3,(H,17,23)(H2,18,19,22,24). The minimum absolute atomic E-state index is 0.0769. The molecule has 8 heteroatoms. The molecule has 0 bridgehead atoms. The normalized spacial score (nSPS) is 15.3. The number of aromatic nitrogens is 2. The Labute approximate surface area is 138 Å². The van der Waals surface area contributed by atoms with Crippen LogP contribution in [-0.4, -0.2) is 54.0 Å². The van der Waals surface area contributed by atoms with E-state index in [1.807, 2.05) is 17.1 Å². The second kappa shape index (κ2) is 6.71. The van der Waals surface area contributed by atoms with Crippen LogP contribution in [0.4, 0.5) is 11.4 Å². The average molecular weight is 329 g/mol. The summed E-state index contributed by atoms with van der Waals surface area (Å²) in [5, 5.41) is 2.66. The molecule has 2 aromatic rings. The van der Waals surface area contributed by atoms with Crippen LogP contribution in [0.2, 0.25) is 0 Å². The number of anilines is 2. The molecule has 1 aliphatic heterocycles. The van der Waals surface area contributed by atoms with Gasteiger partial charge in [-0.1, -0.05) is 0 Å². The molecule has 1 aromatic heterocycles. The lowest BCUT2D eigenvalue weighted by molar-refractivity contribution is 0.102. The Balaban J connectivity index is 1.68. The SMILES string of the molecule is CN1CCN(c2ccc(NC(=O)c3cc(=O)[nH]c(=O)[nH]3)cc2)CC1. The Morgan fingerprint density at radius 3 is 2.33 bits per heavy atom. The molecule has 3 N–H and O–H groups in total. The lowest BCUT2D eigenvalue weighted by atomic mass is 10.2. The van der Waals surface area contributed by atoms with Crippen molar-refractivity contribution in [3.8, 4) is 0 Å². The van der Waals surface area contributed by atoms with Crippen LogP contribution in [0.15, 0.2) is 39.9 Å². The maximum Gasteiger partial charge on any atom is 0.326 e. The third-order valence-electron chi connectivity index (χ3n) is 4.00. The van der Waals surface area contributed by atoms with Crippen LogP contribution in [0.25, 0.3) is 0 Å². The molecule has 0 atom stereocenters. The first-order chi connectivity index (χ1) is 11.5. The number of hydrogen-bond acceptors (Lipinski definition) is 5. The first kappa shape index (κ1) is 16.0. The van der Waals surface area contributed by atoms with E-state index in [0.717, 1.165) is 37.9 Å². The summed E-state index contributed by atoms with van der Waals surface area (Å²) in [4.78, 5) is 43.4. The predicted octanol–water partition coefficient (Wildman–Crippen LogP) is 0.0673. The predicted molar refractivity (Wildman–Crippen MR) is 91.8 cm³/mol. The van der Waals surface area contributed by atoms with Gasteiger partial charge < -0.3 is 20.1 Å². The molecule has 0 aliphatic carbocycles. The highest BCUT2D eigenvalue weighted by Gasteiger charge is 2.14. The van der Waals surface area contributed by atoms with Crippen LogP contribution in [0.1, 0.15) is 10.5 Å². The van der Waals surface area contributed by atoms with Gasteiger partial charge >= 0.3 is 5.69 Å². The lowest BCUT2D eigenvalue weighted by Crippen LogP contribution is -2.44. The van der Waals surface area contributed by atoms with Crippen molar-refractivity contribution in [2.45, 2.75) is 0 Å². The summed E-state index contributed by atoms with van der Waals surface area (Å²) < 4.78 is 0. The van der Waals surface area contributed by atoms with Crippen LogP contribution in [0.3, 0.4) is 0 Å². The van der Waals surface area contributed by atoms with Gasteiger partial charge in [-0.05, 0) is 31.3 Å². The van der Waals surface area contributed by atoms with Gasteiger partial charge in [-0.2, -0.15) is 0 Å². The molecule has 2 heterocycles. The van der Waals surface area contributed by atoms with Crippen molar-refractivity contribution in [2.24, 2.45) is 0 Å². The summed E-state index contributed by atoms with van der Waals surface area (Å²) in [6.07, 6.45) is 0. The second-order valence-corrected chi connectivity index (χ2v) is 5.79. The Morgan fingerprint density at radius 1 is 1.04 bits per heavy atom. The zero-order valence-electron chi connectivity index (χ0n) is 13.3. The first-order valence-corrected chi connectivity index (χ1v) is 7.70. The summed E-state index contributed by atoms with van der Waals surface area (Å²) >= 11 is 0. The second-order valence-electron chi connectivity index (χ2n) is 5.79. The third-order valence-corrected chi connectivity index (χ3v) is 4.00. The van der Waals surface area contributed by atoms with Gasteiger partial charge in [-0.25, -0.2) is 4.79 Å². The van der Waals surface area contributed by atoms with E-state index in [-0.39, 0.29) is 5.69 Å². The largest absolute Gasteiger partial charge is 0.369 e. The average Bonchev–Trinajstić information content (AvgIpc) is 2.55. The van der Waals surface area contributed by atoms with Gasteiger partial charge in [0.2, 0.25) is 0 Å². The molecule has 1 aliphatic rings. The van der Waals surface area contributed by atoms with E-state index in [2.05, 4.69) is 27.1 Å². The number of aromatic amines is 2. The fraction of sp³-hybridized carbons (Fsp3) is 0.312. The number of nitrogens with zero attached hydrogens (tertiary/aromatic N) is 2. The maximum atomic E-state index is 12.1. The molecule has 1 fully saturated rings. The molecule has 1 saturated heterocycles. The zero-order valence-corrected chi connectivity index (χ0v) is 13.3. The number of hydrogen-bond donors (Lipinski definition) is 3. The van der Waals surface area contributed by atoms with Crippen molar-refractivity contribution in [3.63, 3.8) is 0 Å². The third kappa shape index (κ3) is 3.72. The fourth-order valence-corrected chi connectivity index (χ4v) is 2.61. The van der Waals surface area contributed by atoms with E-state index >= 15 is 0 Å². The molecule has 0 saturated carbocycles. The zero-order chi connectivity index (χ0) is 17.1. The number of H-pyrrole nitrogens is 2. The summed E-state index contributed by atoms with van der Waals surface area (Å²) in [5.74, 6) is -0.537. The Morgan fingerprint density at radius 2 is 1.71 bits per heavy atom. The Hall–Kier alpha value is -2.87. The van der Waals surface area contributed by atoms with Crippen LogP contribution in [0.5, 0.6) is 0 Å². The van der Waals surface area contributed by atoms with Gasteiger partial charge in [-0.3, -0.25) is 14.6 Å². The van der Waals surface area contributed by atoms with Crippen LogP contribution >= 0.6 is 0 Å². The van der Waals surface area contributed by atoms with Crippen LogP contribution in [-0.2, 0) is 0 Å². The molecule has 0 spiro atoms. The quantitative estimate of drug-likeness (QED) is 0.740. The highest BCUT2D eigenvalue weighted by Crippen LogP contribution is 2.19. The smallest absolute Gasteiger partial charge is 0.326 e. The summed E-state index contributed by atoms with van der Waals surface area (Å²) in [7, 11) is 2.11. The van der Waals surface area contributed by atoms with Crippen LogP contribution in [0, 0.1) is 0 Å². The monoisotopic (exact) mass is 329 g/mol. The number of nitrogens with one attached hydrogen (secondary N) is 3. The number of carbonyl (C=O) groups excluding carboxylic acids is 1.